The molecule has 0 fully saturated rings. The average Bonchev–Trinajstić information content (AvgIpc) is 2.42. The van der Waals surface area contributed by atoms with Crippen molar-refractivity contribution in [3.8, 4) is 0 Å². The number of hydrogen-bond acceptors (Lipinski definition) is 3. The first-order chi connectivity index (χ1) is 9.47. The van der Waals surface area contributed by atoms with Gasteiger partial charge in [-0.3, -0.25) is 9.59 Å². The van der Waals surface area contributed by atoms with Crippen LogP contribution in [0.3, 0.4) is 0 Å². The molecule has 0 aliphatic heterocycles. The molecule has 0 aliphatic carbocycles. The zero-order valence-corrected chi connectivity index (χ0v) is 11.8. The molecule has 1 N–H and O–H groups in total. The summed E-state index contributed by atoms with van der Waals surface area (Å²) in [4.78, 5) is 24.7. The Hall–Kier alpha value is -2.43. The van der Waals surface area contributed by atoms with Gasteiger partial charge in [0.25, 0.3) is 11.5 Å². The average molecular weight is 271 g/mol. The van der Waals surface area contributed by atoms with Gasteiger partial charge in [0.2, 0.25) is 0 Å². The predicted octanol–water partition coefficient (Wildman–Crippen LogP) is 1.66. The number of aromatic amines is 1. The summed E-state index contributed by atoms with van der Waals surface area (Å²) in [5.41, 5.74) is 3.35. The standard InChI is InChI=1S/C15H17N3O2/c1-10-4-5-12(11(2)8-10)9-18(3)15(20)13-6-7-14(19)17-16-13/h4-8H,9H2,1-3H3,(H,17,19). The third-order valence-electron chi connectivity index (χ3n) is 3.15. The first-order valence-electron chi connectivity index (χ1n) is 6.34. The molecule has 104 valence electrons. The highest BCUT2D eigenvalue weighted by Crippen LogP contribution is 2.13. The lowest BCUT2D eigenvalue weighted by Crippen LogP contribution is -2.28. The second-order valence-corrected chi connectivity index (χ2v) is 4.90. The number of benzene rings is 1. The topological polar surface area (TPSA) is 66.1 Å². The predicted molar refractivity (Wildman–Crippen MR) is 76.6 cm³/mol. The van der Waals surface area contributed by atoms with Crippen molar-refractivity contribution in [1.29, 1.82) is 0 Å². The zero-order chi connectivity index (χ0) is 14.7. The van der Waals surface area contributed by atoms with Crippen molar-refractivity contribution < 1.29 is 4.79 Å². The Morgan fingerprint density at radius 2 is 2.00 bits per heavy atom. The van der Waals surface area contributed by atoms with Crippen LogP contribution in [0, 0.1) is 13.8 Å². The summed E-state index contributed by atoms with van der Waals surface area (Å²) >= 11 is 0. The molecule has 2 aromatic rings. The molecule has 0 bridgehead atoms. The number of aromatic nitrogens is 2. The third-order valence-corrected chi connectivity index (χ3v) is 3.15. The number of nitrogens with zero attached hydrogens (tertiary/aromatic N) is 2. The Balaban J connectivity index is 2.15. The van der Waals surface area contributed by atoms with E-state index in [-0.39, 0.29) is 17.2 Å². The van der Waals surface area contributed by atoms with Crippen LogP contribution < -0.4 is 5.56 Å². The Morgan fingerprint density at radius 3 is 2.60 bits per heavy atom. The van der Waals surface area contributed by atoms with Crippen LogP contribution in [-0.4, -0.2) is 28.1 Å². The van der Waals surface area contributed by atoms with E-state index >= 15 is 0 Å². The second-order valence-electron chi connectivity index (χ2n) is 4.90. The molecule has 0 aliphatic rings. The summed E-state index contributed by atoms with van der Waals surface area (Å²) in [7, 11) is 1.72. The van der Waals surface area contributed by atoms with Crippen LogP contribution in [0.25, 0.3) is 0 Å². The quantitative estimate of drug-likeness (QED) is 0.923. The molecule has 0 spiro atoms. The number of hydrogen-bond donors (Lipinski definition) is 1. The van der Waals surface area contributed by atoms with E-state index in [1.807, 2.05) is 26.0 Å². The van der Waals surface area contributed by atoms with E-state index < -0.39 is 0 Å². The van der Waals surface area contributed by atoms with Gasteiger partial charge in [-0.2, -0.15) is 5.10 Å². The molecule has 1 aromatic heterocycles. The van der Waals surface area contributed by atoms with Gasteiger partial charge in [0.05, 0.1) is 0 Å². The number of nitrogens with one attached hydrogen (secondary N) is 1. The Morgan fingerprint density at radius 1 is 1.25 bits per heavy atom. The normalized spacial score (nSPS) is 10.3. The van der Waals surface area contributed by atoms with Gasteiger partial charge >= 0.3 is 0 Å². The number of aryl methyl sites for hydroxylation is 2. The van der Waals surface area contributed by atoms with Gasteiger partial charge in [-0.25, -0.2) is 5.10 Å². The van der Waals surface area contributed by atoms with Gasteiger partial charge < -0.3 is 4.90 Å². The van der Waals surface area contributed by atoms with E-state index in [0.717, 1.165) is 11.1 Å². The fraction of sp³-hybridized carbons (Fsp3) is 0.267. The van der Waals surface area contributed by atoms with Crippen LogP contribution in [-0.2, 0) is 6.54 Å². The molecule has 0 saturated carbocycles. The third kappa shape index (κ3) is 3.12. The maximum absolute atomic E-state index is 12.2. The fourth-order valence-corrected chi connectivity index (χ4v) is 2.01. The lowest BCUT2D eigenvalue weighted by molar-refractivity contribution is 0.0778. The molecule has 5 nitrogen and oxygen atoms in total. The van der Waals surface area contributed by atoms with Gasteiger partial charge in [0.1, 0.15) is 5.69 Å². The smallest absolute Gasteiger partial charge is 0.274 e. The number of carbonyl (C=O) groups is 1. The van der Waals surface area contributed by atoms with Crippen LogP contribution in [0.2, 0.25) is 0 Å². The van der Waals surface area contributed by atoms with E-state index in [9.17, 15) is 9.59 Å². The number of amides is 1. The van der Waals surface area contributed by atoms with Gasteiger partial charge in [-0.15, -0.1) is 0 Å². The highest BCUT2D eigenvalue weighted by molar-refractivity contribution is 5.91. The minimum absolute atomic E-state index is 0.221. The number of rotatable bonds is 3. The van der Waals surface area contributed by atoms with Gasteiger partial charge in [-0.1, -0.05) is 23.8 Å². The zero-order valence-electron chi connectivity index (χ0n) is 11.8. The van der Waals surface area contributed by atoms with Crippen LogP contribution >= 0.6 is 0 Å². The Labute approximate surface area is 117 Å². The number of H-pyrrole nitrogens is 1. The largest absolute Gasteiger partial charge is 0.336 e. The van der Waals surface area contributed by atoms with Crippen LogP contribution in [0.15, 0.2) is 35.1 Å². The molecule has 20 heavy (non-hydrogen) atoms. The molecule has 2 rings (SSSR count). The molecule has 0 unspecified atom stereocenters. The molecule has 0 radical (unpaired) electrons. The highest BCUT2D eigenvalue weighted by Gasteiger charge is 2.14. The second kappa shape index (κ2) is 5.69. The molecular weight excluding hydrogens is 254 g/mol. The summed E-state index contributed by atoms with van der Waals surface area (Å²) in [5.74, 6) is -0.221. The molecule has 0 saturated heterocycles. The monoisotopic (exact) mass is 271 g/mol. The first-order valence-corrected chi connectivity index (χ1v) is 6.34. The van der Waals surface area contributed by atoms with Crippen molar-refractivity contribution in [2.75, 3.05) is 7.05 Å². The molecule has 1 aromatic carbocycles. The van der Waals surface area contributed by atoms with E-state index in [1.165, 1.54) is 17.7 Å². The summed E-state index contributed by atoms with van der Waals surface area (Å²) in [6.45, 7) is 4.57. The molecule has 1 heterocycles. The van der Waals surface area contributed by atoms with E-state index in [1.54, 1.807) is 11.9 Å². The van der Waals surface area contributed by atoms with Gasteiger partial charge in [0.15, 0.2) is 0 Å². The molecule has 1 amide bonds. The van der Waals surface area contributed by atoms with Crippen molar-refractivity contribution in [3.63, 3.8) is 0 Å². The lowest BCUT2D eigenvalue weighted by atomic mass is 10.1. The first kappa shape index (κ1) is 14.0. The Kier molecular flexibility index (Phi) is 3.98. The van der Waals surface area contributed by atoms with Gasteiger partial charge in [-0.05, 0) is 31.0 Å². The minimum Gasteiger partial charge on any atom is -0.336 e. The van der Waals surface area contributed by atoms with Gasteiger partial charge in [0, 0.05) is 19.7 Å². The SMILES string of the molecule is Cc1ccc(CN(C)C(=O)c2ccc(=O)[nH]n2)c(C)c1. The van der Waals surface area contributed by atoms with Crippen molar-refractivity contribution in [2.24, 2.45) is 0 Å². The summed E-state index contributed by atoms with van der Waals surface area (Å²) in [5, 5.41) is 6.01. The minimum atomic E-state index is -0.321. The fourth-order valence-electron chi connectivity index (χ4n) is 2.01. The lowest BCUT2D eigenvalue weighted by Gasteiger charge is -2.18. The van der Waals surface area contributed by atoms with E-state index in [2.05, 4.69) is 16.3 Å². The summed E-state index contributed by atoms with van der Waals surface area (Å²) in [6, 6.07) is 8.87. The summed E-state index contributed by atoms with van der Waals surface area (Å²) < 4.78 is 0. The molecule has 0 atom stereocenters. The van der Waals surface area contributed by atoms with Crippen LogP contribution in [0.1, 0.15) is 27.2 Å². The molecule has 5 heteroatoms. The van der Waals surface area contributed by atoms with Crippen molar-refractivity contribution in [1.82, 2.24) is 15.1 Å². The maximum atomic E-state index is 12.2. The van der Waals surface area contributed by atoms with Crippen LogP contribution in [0.5, 0.6) is 0 Å². The highest BCUT2D eigenvalue weighted by atomic mass is 16.2. The van der Waals surface area contributed by atoms with E-state index in [0.29, 0.717) is 6.54 Å². The number of carbonyl (C=O) groups excluding carboxylic acids is 1. The van der Waals surface area contributed by atoms with E-state index in [4.69, 9.17) is 0 Å². The molecular formula is C15H17N3O2. The maximum Gasteiger partial charge on any atom is 0.274 e. The van der Waals surface area contributed by atoms with Crippen LogP contribution in [0.4, 0.5) is 0 Å². The Bertz CT molecular complexity index is 671. The van der Waals surface area contributed by atoms with Crippen molar-refractivity contribution in [2.45, 2.75) is 20.4 Å². The summed E-state index contributed by atoms with van der Waals surface area (Å²) in [6.07, 6.45) is 0. The van der Waals surface area contributed by atoms with Crippen molar-refractivity contribution >= 4 is 5.91 Å². The van der Waals surface area contributed by atoms with Crippen molar-refractivity contribution in [3.05, 3.63) is 63.1 Å².